The Balaban J connectivity index is 1.07. The van der Waals surface area contributed by atoms with E-state index in [1.165, 1.54) is 5.56 Å². The van der Waals surface area contributed by atoms with Crippen molar-refractivity contribution in [2.75, 3.05) is 56.5 Å². The molecule has 3 aromatic carbocycles. The lowest BCUT2D eigenvalue weighted by molar-refractivity contribution is 0.0844. The minimum atomic E-state index is -0.172. The Kier molecular flexibility index (Phi) is 7.47. The van der Waals surface area contributed by atoms with Crippen molar-refractivity contribution in [2.45, 2.75) is 25.5 Å². The van der Waals surface area contributed by atoms with Crippen LogP contribution in [-0.2, 0) is 6.54 Å². The smallest absolute Gasteiger partial charge is 0.256 e. The first-order chi connectivity index (χ1) is 19.1. The molecule has 0 radical (unpaired) electrons. The Morgan fingerprint density at radius 1 is 1.00 bits per heavy atom. The van der Waals surface area contributed by atoms with Gasteiger partial charge >= 0.3 is 0 Å². The molecule has 2 aliphatic rings. The third-order valence-corrected chi connectivity index (χ3v) is 7.78. The zero-order chi connectivity index (χ0) is 26.6. The average Bonchev–Trinajstić information content (AvgIpc) is 3.36. The molecule has 0 aliphatic carbocycles. The number of likely N-dealkylation sites (tertiary alicyclic amines) is 1. The Labute approximate surface area is 229 Å². The molecular weight excluding hydrogens is 488 g/mol. The second-order valence-corrected chi connectivity index (χ2v) is 10.7. The molecule has 8 heteroatoms. The lowest BCUT2D eigenvalue weighted by Crippen LogP contribution is -2.44. The summed E-state index contributed by atoms with van der Waals surface area (Å²) in [6, 6.07) is 24.3. The van der Waals surface area contributed by atoms with Gasteiger partial charge in [-0.15, -0.1) is 0 Å². The van der Waals surface area contributed by atoms with E-state index in [-0.39, 0.29) is 12.0 Å². The van der Waals surface area contributed by atoms with Crippen molar-refractivity contribution in [2.24, 2.45) is 0 Å². The van der Waals surface area contributed by atoms with E-state index >= 15 is 0 Å². The summed E-state index contributed by atoms with van der Waals surface area (Å²) in [5, 5.41) is 11.3. The molecule has 1 aromatic heterocycles. The number of hydrogen-bond acceptors (Lipinski definition) is 6. The molecule has 202 valence electrons. The number of ether oxygens (including phenoxy) is 1. The maximum atomic E-state index is 13.0. The number of nitrogens with one attached hydrogen (secondary N) is 2. The van der Waals surface area contributed by atoms with E-state index in [1.54, 1.807) is 0 Å². The normalized spacial score (nSPS) is 18.8. The number of piperidine rings is 1. The van der Waals surface area contributed by atoms with E-state index < -0.39 is 0 Å². The van der Waals surface area contributed by atoms with Gasteiger partial charge in [0.25, 0.3) is 5.91 Å². The molecule has 2 aliphatic heterocycles. The number of piperazine rings is 1. The number of aromatic amines is 1. The molecule has 2 fully saturated rings. The van der Waals surface area contributed by atoms with Crippen molar-refractivity contribution in [3.8, 4) is 5.75 Å². The van der Waals surface area contributed by atoms with Crippen LogP contribution in [0.4, 0.5) is 11.5 Å². The van der Waals surface area contributed by atoms with Crippen LogP contribution in [-0.4, -0.2) is 78.3 Å². The Morgan fingerprint density at radius 3 is 2.59 bits per heavy atom. The monoisotopic (exact) mass is 524 g/mol. The van der Waals surface area contributed by atoms with E-state index in [9.17, 15) is 4.79 Å². The number of benzene rings is 3. The first-order valence-corrected chi connectivity index (χ1v) is 13.9. The number of carbonyl (C=O) groups excluding carboxylic acids is 1. The zero-order valence-corrected chi connectivity index (χ0v) is 22.5. The van der Waals surface area contributed by atoms with Crippen molar-refractivity contribution in [1.82, 2.24) is 20.0 Å². The molecule has 0 bridgehead atoms. The van der Waals surface area contributed by atoms with Crippen LogP contribution in [0.3, 0.4) is 0 Å². The van der Waals surface area contributed by atoms with Gasteiger partial charge in [0.1, 0.15) is 11.9 Å². The van der Waals surface area contributed by atoms with Crippen LogP contribution in [0.5, 0.6) is 5.75 Å². The predicted octanol–water partition coefficient (Wildman–Crippen LogP) is 4.61. The van der Waals surface area contributed by atoms with E-state index in [1.807, 2.05) is 42.5 Å². The molecule has 1 atom stereocenters. The second-order valence-electron chi connectivity index (χ2n) is 10.7. The van der Waals surface area contributed by atoms with Crippen LogP contribution in [0.15, 0.2) is 72.8 Å². The zero-order valence-electron chi connectivity index (χ0n) is 22.5. The van der Waals surface area contributed by atoms with Crippen molar-refractivity contribution < 1.29 is 9.53 Å². The minimum Gasteiger partial charge on any atom is -0.489 e. The number of nitrogens with zero attached hydrogens (tertiary/aromatic N) is 4. The SMILES string of the molecule is CN1CCN(c2ccc(C(=O)Nc3n[nH]c4cc(OC5CCCN(Cc6ccccc6)C5)ccc34)cc2)CC1. The van der Waals surface area contributed by atoms with Crippen LogP contribution in [0, 0.1) is 0 Å². The van der Waals surface area contributed by atoms with E-state index in [2.05, 4.69) is 67.6 Å². The van der Waals surface area contributed by atoms with E-state index in [0.29, 0.717) is 11.4 Å². The molecule has 6 rings (SSSR count). The molecule has 0 saturated carbocycles. The van der Waals surface area contributed by atoms with Crippen LogP contribution < -0.4 is 15.0 Å². The number of likely N-dealkylation sites (N-methyl/N-ethyl adjacent to an activating group) is 1. The molecule has 3 heterocycles. The fraction of sp³-hybridized carbons (Fsp3) is 0.355. The number of amides is 1. The average molecular weight is 525 g/mol. The van der Waals surface area contributed by atoms with Gasteiger partial charge in [-0.2, -0.15) is 5.10 Å². The third kappa shape index (κ3) is 6.08. The quantitative estimate of drug-likeness (QED) is 0.368. The molecule has 4 aromatic rings. The lowest BCUT2D eigenvalue weighted by atomic mass is 10.1. The van der Waals surface area contributed by atoms with Crippen molar-refractivity contribution >= 4 is 28.3 Å². The van der Waals surface area contributed by atoms with Crippen LogP contribution in [0.25, 0.3) is 10.9 Å². The van der Waals surface area contributed by atoms with Gasteiger partial charge in [-0.05, 0) is 68.4 Å². The van der Waals surface area contributed by atoms with Crippen LogP contribution >= 0.6 is 0 Å². The molecule has 39 heavy (non-hydrogen) atoms. The molecule has 2 N–H and O–H groups in total. The fourth-order valence-electron chi connectivity index (χ4n) is 5.52. The summed E-state index contributed by atoms with van der Waals surface area (Å²) in [6.45, 7) is 7.05. The molecule has 0 spiro atoms. The van der Waals surface area contributed by atoms with Gasteiger partial charge in [-0.3, -0.25) is 14.8 Å². The number of rotatable bonds is 7. The second kappa shape index (κ2) is 11.5. The van der Waals surface area contributed by atoms with Gasteiger partial charge in [0.15, 0.2) is 5.82 Å². The maximum Gasteiger partial charge on any atom is 0.256 e. The summed E-state index contributed by atoms with van der Waals surface area (Å²) >= 11 is 0. The standard InChI is InChI=1S/C31H36N6O2/c1-35-16-18-37(19-17-35)25-11-9-24(10-12-25)31(38)32-30-28-14-13-26(20-29(28)33-34-30)39-27-8-5-15-36(22-27)21-23-6-3-2-4-7-23/h2-4,6-7,9-14,20,27H,5,8,15-19,21-22H2,1H3,(H2,32,33,34,38). The van der Waals surface area contributed by atoms with Crippen LogP contribution in [0.2, 0.25) is 0 Å². The summed E-state index contributed by atoms with van der Waals surface area (Å²) in [7, 11) is 2.15. The summed E-state index contributed by atoms with van der Waals surface area (Å²) in [5.41, 5.74) is 3.93. The molecule has 1 amide bonds. The van der Waals surface area contributed by atoms with Crippen molar-refractivity contribution in [3.05, 3.63) is 83.9 Å². The molecule has 8 nitrogen and oxygen atoms in total. The van der Waals surface area contributed by atoms with Gasteiger partial charge < -0.3 is 19.9 Å². The molecule has 1 unspecified atom stereocenters. The first-order valence-electron chi connectivity index (χ1n) is 13.9. The Bertz CT molecular complexity index is 1400. The highest BCUT2D eigenvalue weighted by molar-refractivity contribution is 6.08. The summed E-state index contributed by atoms with van der Waals surface area (Å²) < 4.78 is 6.37. The highest BCUT2D eigenvalue weighted by Crippen LogP contribution is 2.27. The number of hydrogen-bond donors (Lipinski definition) is 2. The van der Waals surface area contributed by atoms with Gasteiger partial charge in [0, 0.05) is 62.0 Å². The van der Waals surface area contributed by atoms with Gasteiger partial charge in [0.2, 0.25) is 0 Å². The van der Waals surface area contributed by atoms with Crippen molar-refractivity contribution in [3.63, 3.8) is 0 Å². The highest BCUT2D eigenvalue weighted by Gasteiger charge is 2.22. The first kappa shape index (κ1) is 25.4. The predicted molar refractivity (Wildman–Crippen MR) is 156 cm³/mol. The minimum absolute atomic E-state index is 0.149. The summed E-state index contributed by atoms with van der Waals surface area (Å²) in [4.78, 5) is 20.1. The Morgan fingerprint density at radius 2 is 1.79 bits per heavy atom. The van der Waals surface area contributed by atoms with Crippen LogP contribution in [0.1, 0.15) is 28.8 Å². The Hall–Kier alpha value is -3.88. The van der Waals surface area contributed by atoms with Gasteiger partial charge in [-0.1, -0.05) is 30.3 Å². The summed E-state index contributed by atoms with van der Waals surface area (Å²) in [6.07, 6.45) is 2.31. The third-order valence-electron chi connectivity index (χ3n) is 7.78. The van der Waals surface area contributed by atoms with Gasteiger partial charge in [0.05, 0.1) is 5.52 Å². The maximum absolute atomic E-state index is 13.0. The molecular formula is C31H36N6O2. The number of aromatic nitrogens is 2. The summed E-state index contributed by atoms with van der Waals surface area (Å²) in [5.74, 6) is 1.17. The number of anilines is 2. The van der Waals surface area contributed by atoms with Gasteiger partial charge in [-0.25, -0.2) is 0 Å². The topological polar surface area (TPSA) is 76.7 Å². The molecule has 2 saturated heterocycles. The largest absolute Gasteiger partial charge is 0.489 e. The van der Waals surface area contributed by atoms with E-state index in [0.717, 1.165) is 81.0 Å². The lowest BCUT2D eigenvalue weighted by Gasteiger charge is -2.34. The number of H-pyrrole nitrogens is 1. The highest BCUT2D eigenvalue weighted by atomic mass is 16.5. The fourth-order valence-corrected chi connectivity index (χ4v) is 5.52. The van der Waals surface area contributed by atoms with E-state index in [4.69, 9.17) is 4.74 Å². The number of fused-ring (bicyclic) bond motifs is 1. The number of carbonyl (C=O) groups is 1. The van der Waals surface area contributed by atoms with Crippen molar-refractivity contribution in [1.29, 1.82) is 0 Å².